The zero-order chi connectivity index (χ0) is 12.8. The molecule has 0 spiro atoms. The molecule has 18 heavy (non-hydrogen) atoms. The van der Waals surface area contributed by atoms with Crippen LogP contribution in [-0.2, 0) is 6.42 Å². The first-order chi connectivity index (χ1) is 8.81. The number of benzene rings is 2. The van der Waals surface area contributed by atoms with Gasteiger partial charge in [-0.25, -0.2) is 0 Å². The summed E-state index contributed by atoms with van der Waals surface area (Å²) in [5.41, 5.74) is 2.25. The fourth-order valence-corrected chi connectivity index (χ4v) is 1.64. The van der Waals surface area contributed by atoms with Crippen molar-refractivity contribution in [2.24, 2.45) is 10.9 Å². The lowest BCUT2D eigenvalue weighted by molar-refractivity contribution is 0.482. The molecule has 0 radical (unpaired) electrons. The molecule has 3 nitrogen and oxygen atoms in total. The average molecular weight is 240 g/mol. The monoisotopic (exact) mass is 240 g/mol. The van der Waals surface area contributed by atoms with Crippen LogP contribution in [0.4, 0.5) is 0 Å². The summed E-state index contributed by atoms with van der Waals surface area (Å²) in [4.78, 5) is 0. The number of hydrogen-bond acceptors (Lipinski definition) is 3. The van der Waals surface area contributed by atoms with Crippen LogP contribution < -0.4 is 10.6 Å². The molecule has 0 saturated heterocycles. The highest BCUT2D eigenvalue weighted by molar-refractivity contribution is 5.79. The van der Waals surface area contributed by atoms with Crippen LogP contribution in [0.25, 0.3) is 0 Å². The number of hydrazone groups is 1. The molecule has 2 aromatic rings. The quantitative estimate of drug-likeness (QED) is 0.506. The normalized spacial score (nSPS) is 10.7. The van der Waals surface area contributed by atoms with Crippen LogP contribution in [0.15, 0.2) is 53.6 Å². The Morgan fingerprint density at radius 1 is 1.00 bits per heavy atom. The minimum atomic E-state index is 0.799. The first-order valence-corrected chi connectivity index (χ1v) is 5.92. The van der Waals surface area contributed by atoms with Crippen LogP contribution in [0.5, 0.6) is 11.5 Å². The average Bonchev–Trinajstić information content (AvgIpc) is 2.42. The molecule has 92 valence electrons. The number of ether oxygens (including phenoxy) is 1. The summed E-state index contributed by atoms with van der Waals surface area (Å²) in [7, 11) is 0. The molecule has 0 aliphatic rings. The van der Waals surface area contributed by atoms with Crippen molar-refractivity contribution < 1.29 is 4.74 Å². The Bertz CT molecular complexity index is 515. The van der Waals surface area contributed by atoms with Crippen molar-refractivity contribution in [3.63, 3.8) is 0 Å². The van der Waals surface area contributed by atoms with E-state index in [9.17, 15) is 0 Å². The molecule has 2 N–H and O–H groups in total. The van der Waals surface area contributed by atoms with Gasteiger partial charge in [-0.1, -0.05) is 19.1 Å². The van der Waals surface area contributed by atoms with Gasteiger partial charge in [-0.05, 0) is 53.9 Å². The third kappa shape index (κ3) is 3.10. The minimum Gasteiger partial charge on any atom is -0.457 e. The SMILES string of the molecule is CCc1ccc(Oc2ccc(C=NN)cc2)cc1. The molecule has 0 unspecified atom stereocenters. The molecule has 2 aromatic carbocycles. The molecule has 0 aromatic heterocycles. The van der Waals surface area contributed by atoms with Crippen molar-refractivity contribution in [3.05, 3.63) is 59.7 Å². The van der Waals surface area contributed by atoms with E-state index in [0.717, 1.165) is 23.5 Å². The fraction of sp³-hybridized carbons (Fsp3) is 0.133. The molecular weight excluding hydrogens is 224 g/mol. The second-order valence-corrected chi connectivity index (χ2v) is 3.95. The summed E-state index contributed by atoms with van der Waals surface area (Å²) in [6.07, 6.45) is 2.63. The van der Waals surface area contributed by atoms with Crippen molar-refractivity contribution in [2.75, 3.05) is 0 Å². The molecule has 0 atom stereocenters. The lowest BCUT2D eigenvalue weighted by Crippen LogP contribution is -1.88. The van der Waals surface area contributed by atoms with Crippen LogP contribution in [0.2, 0.25) is 0 Å². The van der Waals surface area contributed by atoms with Gasteiger partial charge < -0.3 is 10.6 Å². The highest BCUT2D eigenvalue weighted by Crippen LogP contribution is 2.21. The van der Waals surface area contributed by atoms with Gasteiger partial charge in [0.2, 0.25) is 0 Å². The van der Waals surface area contributed by atoms with Gasteiger partial charge in [0.1, 0.15) is 11.5 Å². The standard InChI is InChI=1S/C15H16N2O/c1-2-12-3-7-14(8-4-12)18-15-9-5-13(6-10-15)11-17-16/h3-11H,2,16H2,1H3. The predicted octanol–water partition coefficient (Wildman–Crippen LogP) is 3.33. The van der Waals surface area contributed by atoms with E-state index in [1.807, 2.05) is 36.4 Å². The highest BCUT2D eigenvalue weighted by Gasteiger charge is 1.97. The Labute approximate surface area is 107 Å². The van der Waals surface area contributed by atoms with E-state index in [0.29, 0.717) is 0 Å². The topological polar surface area (TPSA) is 47.6 Å². The number of hydrogen-bond donors (Lipinski definition) is 1. The smallest absolute Gasteiger partial charge is 0.127 e. The van der Waals surface area contributed by atoms with E-state index in [-0.39, 0.29) is 0 Å². The zero-order valence-electron chi connectivity index (χ0n) is 10.3. The number of nitrogens with two attached hydrogens (primary N) is 1. The molecular formula is C15H16N2O. The summed E-state index contributed by atoms with van der Waals surface area (Å²) in [5.74, 6) is 6.73. The van der Waals surface area contributed by atoms with E-state index in [1.54, 1.807) is 6.21 Å². The number of aryl methyl sites for hydroxylation is 1. The Balaban J connectivity index is 2.08. The van der Waals surface area contributed by atoms with Crippen molar-refractivity contribution in [3.8, 4) is 11.5 Å². The maximum absolute atomic E-state index is 5.74. The molecule has 0 amide bonds. The first-order valence-electron chi connectivity index (χ1n) is 5.92. The molecule has 0 bridgehead atoms. The molecule has 2 rings (SSSR count). The molecule has 3 heteroatoms. The third-order valence-corrected chi connectivity index (χ3v) is 2.67. The molecule has 0 saturated carbocycles. The fourth-order valence-electron chi connectivity index (χ4n) is 1.64. The number of rotatable bonds is 4. The largest absolute Gasteiger partial charge is 0.457 e. The van der Waals surface area contributed by atoms with Crippen LogP contribution >= 0.6 is 0 Å². The lowest BCUT2D eigenvalue weighted by Gasteiger charge is -2.06. The summed E-state index contributed by atoms with van der Waals surface area (Å²) in [5, 5.41) is 3.47. The Morgan fingerprint density at radius 3 is 2.06 bits per heavy atom. The van der Waals surface area contributed by atoms with Crippen LogP contribution in [0.3, 0.4) is 0 Å². The minimum absolute atomic E-state index is 0.799. The summed E-state index contributed by atoms with van der Waals surface area (Å²) < 4.78 is 5.74. The van der Waals surface area contributed by atoms with E-state index in [1.165, 1.54) is 5.56 Å². The van der Waals surface area contributed by atoms with E-state index in [2.05, 4.69) is 24.2 Å². The van der Waals surface area contributed by atoms with Gasteiger partial charge in [0.05, 0.1) is 6.21 Å². The summed E-state index contributed by atoms with van der Waals surface area (Å²) in [6, 6.07) is 15.7. The number of nitrogens with zero attached hydrogens (tertiary/aromatic N) is 1. The van der Waals surface area contributed by atoms with Crippen molar-refractivity contribution in [1.29, 1.82) is 0 Å². The summed E-state index contributed by atoms with van der Waals surface area (Å²) >= 11 is 0. The summed E-state index contributed by atoms with van der Waals surface area (Å²) in [6.45, 7) is 2.13. The van der Waals surface area contributed by atoms with Crippen LogP contribution in [-0.4, -0.2) is 6.21 Å². The van der Waals surface area contributed by atoms with Crippen molar-refractivity contribution in [2.45, 2.75) is 13.3 Å². The maximum Gasteiger partial charge on any atom is 0.127 e. The zero-order valence-corrected chi connectivity index (χ0v) is 10.3. The van der Waals surface area contributed by atoms with Gasteiger partial charge in [-0.15, -0.1) is 0 Å². The predicted molar refractivity (Wildman–Crippen MR) is 74.1 cm³/mol. The van der Waals surface area contributed by atoms with Crippen LogP contribution in [0.1, 0.15) is 18.1 Å². The van der Waals surface area contributed by atoms with Crippen molar-refractivity contribution >= 4 is 6.21 Å². The van der Waals surface area contributed by atoms with Gasteiger partial charge in [0, 0.05) is 0 Å². The van der Waals surface area contributed by atoms with E-state index < -0.39 is 0 Å². The van der Waals surface area contributed by atoms with Gasteiger partial charge in [0.25, 0.3) is 0 Å². The molecule has 0 aliphatic heterocycles. The van der Waals surface area contributed by atoms with Crippen LogP contribution in [0, 0.1) is 0 Å². The van der Waals surface area contributed by atoms with E-state index in [4.69, 9.17) is 10.6 Å². The third-order valence-electron chi connectivity index (χ3n) is 2.67. The van der Waals surface area contributed by atoms with Gasteiger partial charge in [0.15, 0.2) is 0 Å². The molecule has 0 heterocycles. The second kappa shape index (κ2) is 5.87. The maximum atomic E-state index is 5.74. The molecule has 0 fully saturated rings. The Morgan fingerprint density at radius 2 is 1.56 bits per heavy atom. The first kappa shape index (κ1) is 12.2. The molecule has 0 aliphatic carbocycles. The van der Waals surface area contributed by atoms with Gasteiger partial charge in [-0.3, -0.25) is 0 Å². The lowest BCUT2D eigenvalue weighted by atomic mass is 10.2. The Hall–Kier alpha value is -2.29. The Kier molecular flexibility index (Phi) is 3.97. The van der Waals surface area contributed by atoms with E-state index >= 15 is 0 Å². The van der Waals surface area contributed by atoms with Gasteiger partial charge >= 0.3 is 0 Å². The second-order valence-electron chi connectivity index (χ2n) is 3.95. The van der Waals surface area contributed by atoms with Gasteiger partial charge in [-0.2, -0.15) is 5.10 Å². The van der Waals surface area contributed by atoms with Crippen molar-refractivity contribution in [1.82, 2.24) is 0 Å². The highest BCUT2D eigenvalue weighted by atomic mass is 16.5.